The summed E-state index contributed by atoms with van der Waals surface area (Å²) < 4.78 is 5.52. The zero-order valence-corrected chi connectivity index (χ0v) is 13.4. The predicted molar refractivity (Wildman–Crippen MR) is 92.7 cm³/mol. The van der Waals surface area contributed by atoms with E-state index < -0.39 is 0 Å². The first-order valence-electron chi connectivity index (χ1n) is 8.22. The quantitative estimate of drug-likeness (QED) is 0.800. The molecule has 0 unspecified atom stereocenters. The Labute approximate surface area is 140 Å². The van der Waals surface area contributed by atoms with Crippen molar-refractivity contribution in [1.82, 2.24) is 20.4 Å². The molecule has 3 aromatic rings. The number of anilines is 1. The molecule has 6 nitrogen and oxygen atoms in total. The molecule has 0 atom stereocenters. The summed E-state index contributed by atoms with van der Waals surface area (Å²) in [5, 5.41) is 7.53. The van der Waals surface area contributed by atoms with Gasteiger partial charge in [0.2, 0.25) is 5.82 Å². The van der Waals surface area contributed by atoms with Crippen molar-refractivity contribution >= 4 is 5.82 Å². The maximum Gasteiger partial charge on any atom is 0.261 e. The van der Waals surface area contributed by atoms with Crippen molar-refractivity contribution in [1.29, 1.82) is 0 Å². The van der Waals surface area contributed by atoms with E-state index in [4.69, 9.17) is 4.52 Å². The SMILES string of the molecule is c1ccc(-c2noc(-c3cccnc3N3CCCNCC3)n2)cc1. The van der Waals surface area contributed by atoms with Crippen LogP contribution in [0.3, 0.4) is 0 Å². The summed E-state index contributed by atoms with van der Waals surface area (Å²) in [7, 11) is 0. The third kappa shape index (κ3) is 3.00. The average molecular weight is 321 g/mol. The molecule has 2 aromatic heterocycles. The molecule has 0 spiro atoms. The smallest absolute Gasteiger partial charge is 0.261 e. The number of nitrogens with zero attached hydrogens (tertiary/aromatic N) is 4. The number of rotatable bonds is 3. The largest absolute Gasteiger partial charge is 0.355 e. The Morgan fingerprint density at radius 2 is 1.92 bits per heavy atom. The third-order valence-electron chi connectivity index (χ3n) is 4.11. The van der Waals surface area contributed by atoms with Crippen LogP contribution in [0.1, 0.15) is 6.42 Å². The topological polar surface area (TPSA) is 67.1 Å². The van der Waals surface area contributed by atoms with E-state index in [0.29, 0.717) is 11.7 Å². The van der Waals surface area contributed by atoms with E-state index in [1.165, 1.54) is 0 Å². The van der Waals surface area contributed by atoms with Crippen molar-refractivity contribution in [2.45, 2.75) is 6.42 Å². The summed E-state index contributed by atoms with van der Waals surface area (Å²) in [6, 6.07) is 13.7. The molecule has 122 valence electrons. The normalized spacial score (nSPS) is 15.2. The minimum Gasteiger partial charge on any atom is -0.355 e. The van der Waals surface area contributed by atoms with E-state index in [-0.39, 0.29) is 0 Å². The van der Waals surface area contributed by atoms with Crippen molar-refractivity contribution in [3.8, 4) is 22.8 Å². The number of aromatic nitrogens is 3. The fourth-order valence-electron chi connectivity index (χ4n) is 2.91. The molecule has 24 heavy (non-hydrogen) atoms. The second kappa shape index (κ2) is 6.80. The van der Waals surface area contributed by atoms with Gasteiger partial charge in [-0.2, -0.15) is 4.98 Å². The van der Waals surface area contributed by atoms with Gasteiger partial charge < -0.3 is 14.7 Å². The van der Waals surface area contributed by atoms with Crippen LogP contribution in [0.4, 0.5) is 5.82 Å². The van der Waals surface area contributed by atoms with Gasteiger partial charge in [0.1, 0.15) is 5.82 Å². The van der Waals surface area contributed by atoms with Gasteiger partial charge in [-0.15, -0.1) is 0 Å². The van der Waals surface area contributed by atoms with Crippen molar-refractivity contribution in [3.05, 3.63) is 48.7 Å². The second-order valence-corrected chi connectivity index (χ2v) is 5.75. The van der Waals surface area contributed by atoms with Crippen LogP contribution < -0.4 is 10.2 Å². The number of benzene rings is 1. The molecule has 1 aliphatic heterocycles. The van der Waals surface area contributed by atoms with E-state index in [1.54, 1.807) is 0 Å². The van der Waals surface area contributed by atoms with Crippen molar-refractivity contribution < 1.29 is 4.52 Å². The Morgan fingerprint density at radius 3 is 2.83 bits per heavy atom. The van der Waals surface area contributed by atoms with E-state index in [1.807, 2.05) is 48.7 Å². The van der Waals surface area contributed by atoms with Crippen molar-refractivity contribution in [3.63, 3.8) is 0 Å². The highest BCUT2D eigenvalue weighted by Crippen LogP contribution is 2.29. The minimum absolute atomic E-state index is 0.508. The molecule has 1 saturated heterocycles. The van der Waals surface area contributed by atoms with Gasteiger partial charge in [-0.3, -0.25) is 0 Å². The van der Waals surface area contributed by atoms with E-state index in [9.17, 15) is 0 Å². The summed E-state index contributed by atoms with van der Waals surface area (Å²) >= 11 is 0. The molecule has 4 rings (SSSR count). The lowest BCUT2D eigenvalue weighted by Crippen LogP contribution is -2.29. The average Bonchev–Trinajstić information content (AvgIpc) is 2.98. The molecule has 0 saturated carbocycles. The van der Waals surface area contributed by atoms with Gasteiger partial charge in [0.15, 0.2) is 0 Å². The van der Waals surface area contributed by atoms with Gasteiger partial charge >= 0.3 is 0 Å². The lowest BCUT2D eigenvalue weighted by atomic mass is 10.2. The van der Waals surface area contributed by atoms with Crippen molar-refractivity contribution in [2.75, 3.05) is 31.1 Å². The zero-order chi connectivity index (χ0) is 16.2. The highest BCUT2D eigenvalue weighted by molar-refractivity contribution is 5.71. The van der Waals surface area contributed by atoms with Crippen LogP contribution in [0.25, 0.3) is 22.8 Å². The molecular formula is C18H19N5O. The fraction of sp³-hybridized carbons (Fsp3) is 0.278. The van der Waals surface area contributed by atoms with Crippen LogP contribution >= 0.6 is 0 Å². The molecule has 0 radical (unpaired) electrons. The lowest BCUT2D eigenvalue weighted by Gasteiger charge is -2.22. The Kier molecular flexibility index (Phi) is 4.20. The molecule has 0 bridgehead atoms. The first kappa shape index (κ1) is 14.8. The highest BCUT2D eigenvalue weighted by Gasteiger charge is 2.19. The van der Waals surface area contributed by atoms with E-state index in [2.05, 4.69) is 25.3 Å². The molecule has 3 heterocycles. The van der Waals surface area contributed by atoms with E-state index in [0.717, 1.165) is 49.5 Å². The van der Waals surface area contributed by atoms with Gasteiger partial charge in [0.05, 0.1) is 5.56 Å². The highest BCUT2D eigenvalue weighted by atomic mass is 16.5. The summed E-state index contributed by atoms with van der Waals surface area (Å²) in [5.41, 5.74) is 1.82. The first-order chi connectivity index (χ1) is 11.9. The molecule has 0 aliphatic carbocycles. The second-order valence-electron chi connectivity index (χ2n) is 5.75. The Bertz CT molecular complexity index is 794. The fourth-order valence-corrected chi connectivity index (χ4v) is 2.91. The van der Waals surface area contributed by atoms with Crippen LogP contribution in [-0.4, -0.2) is 41.3 Å². The maximum atomic E-state index is 5.52. The molecule has 1 aliphatic rings. The third-order valence-corrected chi connectivity index (χ3v) is 4.11. The number of pyridine rings is 1. The van der Waals surface area contributed by atoms with Gasteiger partial charge in [-0.1, -0.05) is 35.5 Å². The van der Waals surface area contributed by atoms with Gasteiger partial charge in [-0.25, -0.2) is 4.98 Å². The molecule has 1 fully saturated rings. The monoisotopic (exact) mass is 321 g/mol. The maximum absolute atomic E-state index is 5.52. The van der Waals surface area contributed by atoms with E-state index >= 15 is 0 Å². The Hall–Kier alpha value is -2.73. The summed E-state index contributed by atoms with van der Waals surface area (Å²) in [4.78, 5) is 11.4. The molecule has 1 aromatic carbocycles. The lowest BCUT2D eigenvalue weighted by molar-refractivity contribution is 0.432. The van der Waals surface area contributed by atoms with Crippen LogP contribution in [0.15, 0.2) is 53.2 Å². The van der Waals surface area contributed by atoms with Gasteiger partial charge in [-0.05, 0) is 25.1 Å². The van der Waals surface area contributed by atoms with Gasteiger partial charge in [0, 0.05) is 31.4 Å². The molecular weight excluding hydrogens is 302 g/mol. The Balaban J connectivity index is 1.68. The minimum atomic E-state index is 0.508. The van der Waals surface area contributed by atoms with Crippen LogP contribution in [0.2, 0.25) is 0 Å². The summed E-state index contributed by atoms with van der Waals surface area (Å²) in [5.74, 6) is 2.01. The van der Waals surface area contributed by atoms with Crippen LogP contribution in [0, 0.1) is 0 Å². The zero-order valence-electron chi connectivity index (χ0n) is 13.4. The summed E-state index contributed by atoms with van der Waals surface area (Å²) in [6.07, 6.45) is 2.90. The molecule has 1 N–H and O–H groups in total. The number of hydrogen-bond donors (Lipinski definition) is 1. The van der Waals surface area contributed by atoms with Crippen LogP contribution in [0.5, 0.6) is 0 Å². The predicted octanol–water partition coefficient (Wildman–Crippen LogP) is 2.60. The summed E-state index contributed by atoms with van der Waals surface area (Å²) in [6.45, 7) is 3.88. The molecule has 6 heteroatoms. The van der Waals surface area contributed by atoms with Gasteiger partial charge in [0.25, 0.3) is 5.89 Å². The van der Waals surface area contributed by atoms with Crippen LogP contribution in [-0.2, 0) is 0 Å². The number of hydrogen-bond acceptors (Lipinski definition) is 6. The van der Waals surface area contributed by atoms with Crippen molar-refractivity contribution in [2.24, 2.45) is 0 Å². The Morgan fingerprint density at radius 1 is 1.00 bits per heavy atom. The molecule has 0 amide bonds. The standard InChI is InChI=1S/C18H19N5O/c1-2-6-14(7-3-1)16-21-18(24-22-16)15-8-4-10-20-17(15)23-12-5-9-19-11-13-23/h1-4,6-8,10,19H,5,9,11-13H2. The first-order valence-corrected chi connectivity index (χ1v) is 8.22. The number of nitrogens with one attached hydrogen (secondary N) is 1.